The second-order valence-electron chi connectivity index (χ2n) is 6.17. The van der Waals surface area contributed by atoms with Gasteiger partial charge in [0.1, 0.15) is 12.5 Å². The van der Waals surface area contributed by atoms with E-state index in [1.54, 1.807) is 0 Å². The lowest BCUT2D eigenvalue weighted by molar-refractivity contribution is -0.347. The predicted molar refractivity (Wildman–Crippen MR) is 89.9 cm³/mol. The van der Waals surface area contributed by atoms with Gasteiger partial charge < -0.3 is 21.0 Å². The smallest absolute Gasteiger partial charge is 0.373 e. The van der Waals surface area contributed by atoms with E-state index in [-0.39, 0.29) is 6.29 Å². The molecule has 0 aromatic rings. The summed E-state index contributed by atoms with van der Waals surface area (Å²) in [6.45, 7) is -2.16. The zero-order chi connectivity index (χ0) is 24.7. The molecule has 0 aromatic heterocycles. The van der Waals surface area contributed by atoms with Crippen molar-refractivity contribution in [3.05, 3.63) is 0 Å². The van der Waals surface area contributed by atoms with Crippen LogP contribution in [-0.4, -0.2) is 70.8 Å². The number of alkyl halides is 9. The molecule has 2 atom stereocenters. The van der Waals surface area contributed by atoms with Crippen molar-refractivity contribution in [3.8, 4) is 0 Å². The number of thioether (sulfide) groups is 1. The number of Topliss-reactive ketones (excluding diaryl/α,β-unsaturated/α-hetero) is 1. The number of carbonyl (C=O) groups excluding carboxylic acids is 3. The SMILES string of the molecule is NC(CC(=O)NC(O)CC=O)C(=O)CCSC(F)(F)C(F)(F)C(F)(F)C(F)(F)CCF. The van der Waals surface area contributed by atoms with Crippen LogP contribution in [-0.2, 0) is 14.4 Å². The summed E-state index contributed by atoms with van der Waals surface area (Å²) in [4.78, 5) is 33.3. The van der Waals surface area contributed by atoms with Gasteiger partial charge in [0, 0.05) is 31.4 Å². The molecule has 31 heavy (non-hydrogen) atoms. The molecule has 0 aromatic carbocycles. The van der Waals surface area contributed by atoms with Crippen LogP contribution in [0.25, 0.3) is 0 Å². The minimum atomic E-state index is -6.59. The molecule has 0 aliphatic carbocycles. The molecule has 2 unspecified atom stereocenters. The summed E-state index contributed by atoms with van der Waals surface area (Å²) in [6.07, 6.45) is -6.02. The van der Waals surface area contributed by atoms with Crippen molar-refractivity contribution < 1.29 is 59.0 Å². The molecule has 0 aliphatic rings. The summed E-state index contributed by atoms with van der Waals surface area (Å²) in [5.41, 5.74) is 5.30. The molecule has 0 bridgehead atoms. The fourth-order valence-corrected chi connectivity index (χ4v) is 2.82. The fraction of sp³-hybridized carbons (Fsp3) is 0.800. The topological polar surface area (TPSA) is 109 Å². The minimum Gasteiger partial charge on any atom is -0.373 e. The van der Waals surface area contributed by atoms with Crippen LogP contribution in [0.4, 0.5) is 39.5 Å². The molecule has 0 radical (unpaired) electrons. The van der Waals surface area contributed by atoms with Crippen molar-refractivity contribution in [2.75, 3.05) is 12.4 Å². The third-order valence-electron chi connectivity index (χ3n) is 3.73. The Bertz CT molecular complexity index is 638. The summed E-state index contributed by atoms with van der Waals surface area (Å²) in [5.74, 6) is -22.4. The van der Waals surface area contributed by atoms with E-state index in [2.05, 4.69) is 0 Å². The average Bonchev–Trinajstić information content (AvgIpc) is 2.60. The average molecular weight is 494 g/mol. The van der Waals surface area contributed by atoms with Crippen LogP contribution in [0, 0.1) is 0 Å². The number of aliphatic hydroxyl groups excluding tert-OH is 1. The van der Waals surface area contributed by atoms with Crippen molar-refractivity contribution in [1.29, 1.82) is 0 Å². The molecule has 0 saturated heterocycles. The van der Waals surface area contributed by atoms with Crippen LogP contribution < -0.4 is 11.1 Å². The lowest BCUT2D eigenvalue weighted by Gasteiger charge is -2.36. The van der Waals surface area contributed by atoms with Gasteiger partial charge in [0.2, 0.25) is 5.91 Å². The lowest BCUT2D eigenvalue weighted by atomic mass is 10.0. The molecular weight excluding hydrogens is 475 g/mol. The van der Waals surface area contributed by atoms with Crippen molar-refractivity contribution in [2.45, 2.75) is 61.0 Å². The van der Waals surface area contributed by atoms with Gasteiger partial charge in [0.05, 0.1) is 12.7 Å². The zero-order valence-corrected chi connectivity index (χ0v) is 16.4. The van der Waals surface area contributed by atoms with Gasteiger partial charge in [-0.25, -0.2) is 0 Å². The number of nitrogens with one attached hydrogen (secondary N) is 1. The molecule has 1 amide bonds. The van der Waals surface area contributed by atoms with Gasteiger partial charge in [0.15, 0.2) is 5.78 Å². The Kier molecular flexibility index (Phi) is 10.8. The lowest BCUT2D eigenvalue weighted by Crippen LogP contribution is -2.61. The van der Waals surface area contributed by atoms with Crippen LogP contribution in [0.5, 0.6) is 0 Å². The molecule has 0 rings (SSSR count). The van der Waals surface area contributed by atoms with Gasteiger partial charge in [-0.3, -0.25) is 14.0 Å². The van der Waals surface area contributed by atoms with E-state index in [0.29, 0.717) is 0 Å². The Morgan fingerprint density at radius 1 is 1.06 bits per heavy atom. The fourth-order valence-electron chi connectivity index (χ4n) is 1.95. The van der Waals surface area contributed by atoms with Crippen LogP contribution in [0.3, 0.4) is 0 Å². The van der Waals surface area contributed by atoms with Crippen molar-refractivity contribution in [1.82, 2.24) is 5.32 Å². The van der Waals surface area contributed by atoms with E-state index < -0.39 is 96.9 Å². The quantitative estimate of drug-likeness (QED) is 0.183. The Labute approximate surface area is 174 Å². The Morgan fingerprint density at radius 3 is 2.10 bits per heavy atom. The van der Waals surface area contributed by atoms with Gasteiger partial charge >= 0.3 is 23.0 Å². The highest BCUT2D eigenvalue weighted by atomic mass is 32.2. The highest BCUT2D eigenvalue weighted by Gasteiger charge is 2.80. The molecular formula is C15H19F9N2O4S. The minimum absolute atomic E-state index is 0.264. The number of aldehydes is 1. The summed E-state index contributed by atoms with van der Waals surface area (Å²) in [5, 5.41) is 5.24. The van der Waals surface area contributed by atoms with Crippen LogP contribution >= 0.6 is 11.8 Å². The van der Waals surface area contributed by atoms with Gasteiger partial charge in [-0.15, -0.1) is 0 Å². The molecule has 0 heterocycles. The van der Waals surface area contributed by atoms with E-state index in [1.807, 2.05) is 5.32 Å². The number of carbonyl (C=O) groups is 3. The first kappa shape index (κ1) is 29.5. The number of aliphatic hydroxyl groups is 1. The van der Waals surface area contributed by atoms with Crippen LogP contribution in [0.2, 0.25) is 0 Å². The molecule has 16 heteroatoms. The zero-order valence-electron chi connectivity index (χ0n) is 15.5. The van der Waals surface area contributed by atoms with Crippen LogP contribution in [0.1, 0.15) is 25.7 Å². The number of amides is 1. The first-order valence-electron chi connectivity index (χ1n) is 8.37. The number of nitrogens with two attached hydrogens (primary N) is 1. The first-order chi connectivity index (χ1) is 14.0. The molecule has 4 N–H and O–H groups in total. The Hall–Kier alpha value is -1.55. The number of hydrogen-bond donors (Lipinski definition) is 3. The maximum absolute atomic E-state index is 13.6. The third kappa shape index (κ3) is 7.52. The summed E-state index contributed by atoms with van der Waals surface area (Å²) >= 11 is -1.22. The monoisotopic (exact) mass is 494 g/mol. The maximum Gasteiger partial charge on any atom is 0.387 e. The van der Waals surface area contributed by atoms with E-state index >= 15 is 0 Å². The molecule has 0 aliphatic heterocycles. The maximum atomic E-state index is 13.6. The Balaban J connectivity index is 4.92. The van der Waals surface area contributed by atoms with E-state index in [9.17, 15) is 53.9 Å². The molecule has 0 fully saturated rings. The number of halogens is 9. The summed E-state index contributed by atoms with van der Waals surface area (Å²) in [6, 6.07) is -1.66. The van der Waals surface area contributed by atoms with Crippen molar-refractivity contribution in [2.24, 2.45) is 5.73 Å². The van der Waals surface area contributed by atoms with Gasteiger partial charge in [-0.1, -0.05) is 11.8 Å². The van der Waals surface area contributed by atoms with Gasteiger partial charge in [-0.05, 0) is 0 Å². The van der Waals surface area contributed by atoms with Gasteiger partial charge in [0.25, 0.3) is 0 Å². The second kappa shape index (κ2) is 11.4. The standard InChI is InChI=1S/C15H19F9N2O4S/c16-4-3-12(17,18)13(19,20)14(21,22)15(23,24)31-6-2-9(28)8(25)7-11(30)26-10(29)1-5-27/h5,8,10,29H,1-4,6-7,25H2,(H,26,30). The first-order valence-corrected chi connectivity index (χ1v) is 9.36. The second-order valence-corrected chi connectivity index (χ2v) is 7.38. The number of hydrogen-bond acceptors (Lipinski definition) is 6. The number of ketones is 1. The Morgan fingerprint density at radius 2 is 1.61 bits per heavy atom. The molecule has 182 valence electrons. The third-order valence-corrected chi connectivity index (χ3v) is 4.75. The van der Waals surface area contributed by atoms with E-state index in [4.69, 9.17) is 10.8 Å². The van der Waals surface area contributed by atoms with Gasteiger partial charge in [-0.2, -0.15) is 35.1 Å². The van der Waals surface area contributed by atoms with E-state index in [0.717, 1.165) is 0 Å². The molecule has 0 spiro atoms. The highest BCUT2D eigenvalue weighted by Crippen LogP contribution is 2.57. The van der Waals surface area contributed by atoms with Crippen LogP contribution in [0.15, 0.2) is 0 Å². The highest BCUT2D eigenvalue weighted by molar-refractivity contribution is 8.00. The van der Waals surface area contributed by atoms with E-state index in [1.165, 1.54) is 0 Å². The number of rotatable bonds is 15. The molecule has 6 nitrogen and oxygen atoms in total. The summed E-state index contributed by atoms with van der Waals surface area (Å²) in [7, 11) is 0. The normalized spacial score (nSPS) is 15.3. The largest absolute Gasteiger partial charge is 0.387 e. The predicted octanol–water partition coefficient (Wildman–Crippen LogP) is 2.28. The summed E-state index contributed by atoms with van der Waals surface area (Å²) < 4.78 is 119. The van der Waals surface area contributed by atoms with Crippen molar-refractivity contribution in [3.63, 3.8) is 0 Å². The van der Waals surface area contributed by atoms with Crippen molar-refractivity contribution >= 4 is 29.7 Å². The molecule has 0 saturated carbocycles.